The summed E-state index contributed by atoms with van der Waals surface area (Å²) in [6, 6.07) is 27.9. The zero-order chi connectivity index (χ0) is 22.8. The SMILES string of the molecule is COc1ccc(C(=O)c2oc3ccccc3c2NC(=O)Cc2cccc3ccccc23)cc1. The molecule has 0 saturated carbocycles. The molecule has 5 heteroatoms. The number of nitrogens with one attached hydrogen (secondary N) is 1. The van der Waals surface area contributed by atoms with Gasteiger partial charge in [0.25, 0.3) is 0 Å². The maximum Gasteiger partial charge on any atom is 0.230 e. The number of ketones is 1. The van der Waals surface area contributed by atoms with Crippen LogP contribution in [-0.2, 0) is 11.2 Å². The summed E-state index contributed by atoms with van der Waals surface area (Å²) in [6.45, 7) is 0. The van der Waals surface area contributed by atoms with Gasteiger partial charge in [-0.05, 0) is 52.7 Å². The van der Waals surface area contributed by atoms with E-state index in [1.165, 1.54) is 0 Å². The molecule has 1 aromatic heterocycles. The first-order chi connectivity index (χ1) is 16.1. The zero-order valence-corrected chi connectivity index (χ0v) is 18.0. The van der Waals surface area contributed by atoms with Gasteiger partial charge in [0, 0.05) is 10.9 Å². The Hall–Kier alpha value is -4.38. The van der Waals surface area contributed by atoms with Gasteiger partial charge in [0.15, 0.2) is 5.76 Å². The Bertz CT molecular complexity index is 1480. The predicted molar refractivity (Wildman–Crippen MR) is 129 cm³/mol. The van der Waals surface area contributed by atoms with Crippen molar-refractivity contribution < 1.29 is 18.7 Å². The zero-order valence-electron chi connectivity index (χ0n) is 18.0. The molecule has 0 bridgehead atoms. The number of benzene rings is 4. The number of para-hydroxylation sites is 1. The highest BCUT2D eigenvalue weighted by Gasteiger charge is 2.23. The number of carbonyl (C=O) groups excluding carboxylic acids is 2. The van der Waals surface area contributed by atoms with E-state index in [1.807, 2.05) is 60.7 Å². The van der Waals surface area contributed by atoms with Gasteiger partial charge in [-0.25, -0.2) is 0 Å². The van der Waals surface area contributed by atoms with Crippen LogP contribution in [0.15, 0.2) is 95.4 Å². The summed E-state index contributed by atoms with van der Waals surface area (Å²) in [5.41, 5.74) is 2.28. The molecule has 5 rings (SSSR count). The molecular formula is C28H21NO4. The molecule has 33 heavy (non-hydrogen) atoms. The normalized spacial score (nSPS) is 10.9. The van der Waals surface area contributed by atoms with Crippen LogP contribution in [0.5, 0.6) is 5.75 Å². The third kappa shape index (κ3) is 3.96. The van der Waals surface area contributed by atoms with Crippen LogP contribution in [0.1, 0.15) is 21.7 Å². The predicted octanol–water partition coefficient (Wildman–Crippen LogP) is 6.01. The second-order valence-electron chi connectivity index (χ2n) is 7.72. The Kier molecular flexibility index (Phi) is 5.37. The van der Waals surface area contributed by atoms with Crippen molar-refractivity contribution in [3.8, 4) is 5.75 Å². The third-order valence-electron chi connectivity index (χ3n) is 5.65. The van der Waals surface area contributed by atoms with Gasteiger partial charge in [-0.2, -0.15) is 0 Å². The maximum absolute atomic E-state index is 13.3. The van der Waals surface area contributed by atoms with Crippen LogP contribution in [0.2, 0.25) is 0 Å². The number of ether oxygens (including phenoxy) is 1. The molecule has 0 unspecified atom stereocenters. The van der Waals surface area contributed by atoms with Gasteiger partial charge >= 0.3 is 0 Å². The van der Waals surface area contributed by atoms with E-state index in [2.05, 4.69) is 5.32 Å². The summed E-state index contributed by atoms with van der Waals surface area (Å²) in [7, 11) is 1.57. The Labute approximate surface area is 190 Å². The molecule has 0 radical (unpaired) electrons. The van der Waals surface area contributed by atoms with Crippen LogP contribution in [0, 0.1) is 0 Å². The summed E-state index contributed by atoms with van der Waals surface area (Å²) < 4.78 is 11.1. The fraction of sp³-hybridized carbons (Fsp3) is 0.0714. The quantitative estimate of drug-likeness (QED) is 0.332. The van der Waals surface area contributed by atoms with Crippen molar-refractivity contribution >= 4 is 39.1 Å². The number of anilines is 1. The first-order valence-electron chi connectivity index (χ1n) is 10.6. The van der Waals surface area contributed by atoms with Gasteiger partial charge in [-0.3, -0.25) is 9.59 Å². The minimum atomic E-state index is -0.311. The number of carbonyl (C=O) groups is 2. The third-order valence-corrected chi connectivity index (χ3v) is 5.65. The van der Waals surface area contributed by atoms with Crippen molar-refractivity contribution in [2.24, 2.45) is 0 Å². The Morgan fingerprint density at radius 2 is 1.52 bits per heavy atom. The van der Waals surface area contributed by atoms with E-state index in [-0.39, 0.29) is 23.9 Å². The van der Waals surface area contributed by atoms with Gasteiger partial charge in [0.05, 0.1) is 19.2 Å². The molecule has 5 nitrogen and oxygen atoms in total. The van der Waals surface area contributed by atoms with Crippen LogP contribution in [0.3, 0.4) is 0 Å². The van der Waals surface area contributed by atoms with Crippen LogP contribution in [0.25, 0.3) is 21.7 Å². The van der Waals surface area contributed by atoms with Crippen molar-refractivity contribution in [3.63, 3.8) is 0 Å². The molecule has 0 spiro atoms. The molecule has 0 atom stereocenters. The molecule has 0 saturated heterocycles. The van der Waals surface area contributed by atoms with E-state index in [9.17, 15) is 9.59 Å². The average molecular weight is 435 g/mol. The molecule has 1 N–H and O–H groups in total. The maximum atomic E-state index is 13.3. The second kappa shape index (κ2) is 8.63. The lowest BCUT2D eigenvalue weighted by molar-refractivity contribution is -0.115. The van der Waals surface area contributed by atoms with Crippen LogP contribution < -0.4 is 10.1 Å². The van der Waals surface area contributed by atoms with Gasteiger partial charge in [-0.15, -0.1) is 0 Å². The standard InChI is InChI=1S/C28H21NO4/c1-32-21-15-13-19(14-16-21)27(31)28-26(23-11-4-5-12-24(23)33-28)29-25(30)17-20-9-6-8-18-7-2-3-10-22(18)20/h2-16H,17H2,1H3,(H,29,30). The minimum Gasteiger partial charge on any atom is -0.497 e. The topological polar surface area (TPSA) is 68.5 Å². The first kappa shape index (κ1) is 20.5. The smallest absolute Gasteiger partial charge is 0.230 e. The number of fused-ring (bicyclic) bond motifs is 2. The summed E-state index contributed by atoms with van der Waals surface area (Å²) in [5, 5.41) is 5.73. The summed E-state index contributed by atoms with van der Waals surface area (Å²) in [6.07, 6.45) is 0.178. The van der Waals surface area contributed by atoms with Crippen molar-refractivity contribution in [1.29, 1.82) is 0 Å². The van der Waals surface area contributed by atoms with Crippen molar-refractivity contribution in [2.75, 3.05) is 12.4 Å². The molecule has 0 fully saturated rings. The van der Waals surface area contributed by atoms with E-state index in [0.717, 1.165) is 16.3 Å². The van der Waals surface area contributed by atoms with E-state index in [1.54, 1.807) is 37.4 Å². The summed E-state index contributed by atoms with van der Waals surface area (Å²) in [4.78, 5) is 26.3. The van der Waals surface area contributed by atoms with E-state index in [0.29, 0.717) is 28.0 Å². The number of hydrogen-bond acceptors (Lipinski definition) is 4. The van der Waals surface area contributed by atoms with Crippen molar-refractivity contribution in [1.82, 2.24) is 0 Å². The van der Waals surface area contributed by atoms with Crippen LogP contribution in [-0.4, -0.2) is 18.8 Å². The lowest BCUT2D eigenvalue weighted by atomic mass is 10.0. The van der Waals surface area contributed by atoms with E-state index >= 15 is 0 Å². The molecule has 0 aliphatic carbocycles. The van der Waals surface area contributed by atoms with E-state index in [4.69, 9.17) is 9.15 Å². The van der Waals surface area contributed by atoms with Gasteiger partial charge in [-0.1, -0.05) is 54.6 Å². The molecule has 1 amide bonds. The highest BCUT2D eigenvalue weighted by molar-refractivity contribution is 6.17. The second-order valence-corrected chi connectivity index (χ2v) is 7.72. The van der Waals surface area contributed by atoms with Gasteiger partial charge < -0.3 is 14.5 Å². The number of rotatable bonds is 6. The summed E-state index contributed by atoms with van der Waals surface area (Å²) in [5.74, 6) is 0.225. The lowest BCUT2D eigenvalue weighted by Crippen LogP contribution is -2.16. The molecule has 1 heterocycles. The Balaban J connectivity index is 1.49. The Morgan fingerprint density at radius 1 is 0.818 bits per heavy atom. The fourth-order valence-electron chi connectivity index (χ4n) is 4.01. The van der Waals surface area contributed by atoms with Crippen LogP contribution in [0.4, 0.5) is 5.69 Å². The molecular weight excluding hydrogens is 414 g/mol. The van der Waals surface area contributed by atoms with Crippen molar-refractivity contribution in [3.05, 3.63) is 108 Å². The fourth-order valence-corrected chi connectivity index (χ4v) is 4.01. The molecule has 4 aromatic carbocycles. The van der Waals surface area contributed by atoms with Gasteiger partial charge in [0.1, 0.15) is 11.3 Å². The molecule has 5 aromatic rings. The van der Waals surface area contributed by atoms with Crippen molar-refractivity contribution in [2.45, 2.75) is 6.42 Å². The van der Waals surface area contributed by atoms with Crippen LogP contribution >= 0.6 is 0 Å². The first-order valence-corrected chi connectivity index (χ1v) is 10.6. The largest absolute Gasteiger partial charge is 0.497 e. The molecule has 0 aliphatic heterocycles. The Morgan fingerprint density at radius 3 is 2.30 bits per heavy atom. The van der Waals surface area contributed by atoms with E-state index < -0.39 is 0 Å². The molecule has 162 valence electrons. The summed E-state index contributed by atoms with van der Waals surface area (Å²) >= 11 is 0. The number of methoxy groups -OCH3 is 1. The lowest BCUT2D eigenvalue weighted by Gasteiger charge is -2.09. The number of hydrogen-bond donors (Lipinski definition) is 1. The highest BCUT2D eigenvalue weighted by Crippen LogP contribution is 2.33. The highest BCUT2D eigenvalue weighted by atomic mass is 16.5. The van der Waals surface area contributed by atoms with Gasteiger partial charge in [0.2, 0.25) is 11.7 Å². The minimum absolute atomic E-state index is 0.104. The number of amides is 1. The molecule has 0 aliphatic rings. The monoisotopic (exact) mass is 435 g/mol. The number of furan rings is 1. The average Bonchev–Trinajstić information content (AvgIpc) is 3.22.